The molecule has 2 N–H and O–H groups in total. The Kier molecular flexibility index (Phi) is 6.01. The predicted octanol–water partition coefficient (Wildman–Crippen LogP) is 3.84. The van der Waals surface area contributed by atoms with Gasteiger partial charge in [-0.05, 0) is 51.1 Å². The highest BCUT2D eigenvalue weighted by molar-refractivity contribution is 6.15. The number of likely N-dealkylation sites (tertiary alicyclic amines) is 1. The second-order valence-corrected chi connectivity index (χ2v) is 10.1. The molecular formula is C29H29N9O. The lowest BCUT2D eigenvalue weighted by Crippen LogP contribution is -2.25. The van der Waals surface area contributed by atoms with Crippen molar-refractivity contribution < 1.29 is 4.74 Å². The first-order valence-electron chi connectivity index (χ1n) is 13.3. The van der Waals surface area contributed by atoms with Crippen LogP contribution in [0.3, 0.4) is 0 Å². The van der Waals surface area contributed by atoms with Gasteiger partial charge < -0.3 is 19.7 Å². The van der Waals surface area contributed by atoms with E-state index in [0.717, 1.165) is 81.5 Å². The van der Waals surface area contributed by atoms with E-state index in [2.05, 4.69) is 42.4 Å². The zero-order chi connectivity index (χ0) is 26.2. The van der Waals surface area contributed by atoms with Gasteiger partial charge in [-0.15, -0.1) is 0 Å². The van der Waals surface area contributed by atoms with Gasteiger partial charge in [0.25, 0.3) is 0 Å². The van der Waals surface area contributed by atoms with E-state index in [0.29, 0.717) is 13.2 Å². The lowest BCUT2D eigenvalue weighted by Gasteiger charge is -2.18. The minimum absolute atomic E-state index is 0.616. The van der Waals surface area contributed by atoms with Crippen molar-refractivity contribution in [3.63, 3.8) is 0 Å². The fourth-order valence-electron chi connectivity index (χ4n) is 5.33. The molecule has 7 rings (SSSR count). The molecule has 0 radical (unpaired) electrons. The maximum atomic E-state index is 6.03. The number of fused-ring (bicyclic) bond motifs is 2. The smallest absolute Gasteiger partial charge is 0.138 e. The first-order valence-corrected chi connectivity index (χ1v) is 13.3. The Bertz CT molecular complexity index is 1680. The van der Waals surface area contributed by atoms with E-state index in [1.165, 1.54) is 12.8 Å². The predicted molar refractivity (Wildman–Crippen MR) is 149 cm³/mol. The third-order valence-corrected chi connectivity index (χ3v) is 7.36. The number of hydrogen-bond donors (Lipinski definition) is 2. The van der Waals surface area contributed by atoms with E-state index in [1.807, 2.05) is 54.9 Å². The van der Waals surface area contributed by atoms with Crippen molar-refractivity contribution in [1.29, 1.82) is 0 Å². The average molecular weight is 520 g/mol. The molecule has 0 unspecified atom stereocenters. The molecule has 10 nitrogen and oxygen atoms in total. The summed E-state index contributed by atoms with van der Waals surface area (Å²) in [4.78, 5) is 23.9. The van der Waals surface area contributed by atoms with Crippen LogP contribution in [-0.2, 0) is 6.54 Å². The van der Waals surface area contributed by atoms with Crippen LogP contribution in [0.25, 0.3) is 27.8 Å². The first-order chi connectivity index (χ1) is 19.2. The van der Waals surface area contributed by atoms with Crippen molar-refractivity contribution in [2.24, 2.45) is 5.10 Å². The van der Waals surface area contributed by atoms with E-state index in [1.54, 1.807) is 6.20 Å². The van der Waals surface area contributed by atoms with Crippen LogP contribution in [-0.4, -0.2) is 66.3 Å². The Morgan fingerprint density at radius 1 is 0.974 bits per heavy atom. The van der Waals surface area contributed by atoms with Gasteiger partial charge in [0.2, 0.25) is 0 Å². The summed E-state index contributed by atoms with van der Waals surface area (Å²) in [5, 5.41) is 5.74. The van der Waals surface area contributed by atoms with Crippen molar-refractivity contribution in [1.82, 2.24) is 39.8 Å². The molecule has 0 aromatic carbocycles. The average Bonchev–Trinajstić information content (AvgIpc) is 3.74. The molecular weight excluding hydrogens is 490 g/mol. The van der Waals surface area contributed by atoms with Crippen LogP contribution < -0.4 is 10.2 Å². The summed E-state index contributed by atoms with van der Waals surface area (Å²) in [5.74, 6) is 0.757. The molecule has 0 atom stereocenters. The zero-order valence-corrected chi connectivity index (χ0v) is 21.8. The van der Waals surface area contributed by atoms with Gasteiger partial charge in [-0.1, -0.05) is 0 Å². The van der Waals surface area contributed by atoms with Gasteiger partial charge in [0.15, 0.2) is 0 Å². The number of nitrogens with one attached hydrogen (secondary N) is 2. The Hall–Kier alpha value is -4.57. The van der Waals surface area contributed by atoms with E-state index in [-0.39, 0.29) is 0 Å². The minimum atomic E-state index is 0.616. The van der Waals surface area contributed by atoms with Gasteiger partial charge in [-0.25, -0.2) is 4.98 Å². The number of aromatic nitrogens is 6. The Morgan fingerprint density at radius 3 is 2.74 bits per heavy atom. The summed E-state index contributed by atoms with van der Waals surface area (Å²) in [6.07, 6.45) is 15.6. The molecule has 196 valence electrons. The zero-order valence-electron chi connectivity index (χ0n) is 21.8. The fourth-order valence-corrected chi connectivity index (χ4v) is 5.33. The molecule has 0 spiro atoms. The summed E-state index contributed by atoms with van der Waals surface area (Å²) >= 11 is 0. The minimum Gasteiger partial charge on any atom is -0.491 e. The maximum absolute atomic E-state index is 6.03. The SMILES string of the molecule is Cc1cn(-c2cncc3[nH]c(C4=NNCc5cnc(-c6cncc(OCCN7CCCC7)c6)cc54)cc23)cn1. The summed E-state index contributed by atoms with van der Waals surface area (Å²) in [6.45, 7) is 6.51. The Balaban J connectivity index is 1.18. The van der Waals surface area contributed by atoms with Gasteiger partial charge >= 0.3 is 0 Å². The van der Waals surface area contributed by atoms with Crippen LogP contribution in [0.15, 0.2) is 66.8 Å². The highest BCUT2D eigenvalue weighted by Gasteiger charge is 2.21. The monoisotopic (exact) mass is 519 g/mol. The Morgan fingerprint density at radius 2 is 1.87 bits per heavy atom. The highest BCUT2D eigenvalue weighted by Crippen LogP contribution is 2.28. The molecule has 2 aliphatic heterocycles. The summed E-state index contributed by atoms with van der Waals surface area (Å²) in [5.41, 5.74) is 11.6. The molecule has 10 heteroatoms. The van der Waals surface area contributed by atoms with Crippen LogP contribution in [0, 0.1) is 6.92 Å². The molecule has 5 aromatic heterocycles. The van der Waals surface area contributed by atoms with E-state index < -0.39 is 0 Å². The molecule has 0 bridgehead atoms. The third-order valence-electron chi connectivity index (χ3n) is 7.36. The molecule has 0 aliphatic carbocycles. The number of hydrogen-bond acceptors (Lipinski definition) is 8. The highest BCUT2D eigenvalue weighted by atomic mass is 16.5. The topological polar surface area (TPSA) is 109 Å². The number of imidazole rings is 1. The van der Waals surface area contributed by atoms with Crippen LogP contribution >= 0.6 is 0 Å². The molecule has 1 fully saturated rings. The number of H-pyrrole nitrogens is 1. The lowest BCUT2D eigenvalue weighted by atomic mass is 9.99. The molecule has 39 heavy (non-hydrogen) atoms. The van der Waals surface area contributed by atoms with Gasteiger partial charge in [0.05, 0.1) is 59.7 Å². The van der Waals surface area contributed by atoms with Crippen LogP contribution in [0.4, 0.5) is 0 Å². The normalized spacial score (nSPS) is 15.3. The molecule has 7 heterocycles. The van der Waals surface area contributed by atoms with Crippen LogP contribution in [0.1, 0.15) is 35.4 Å². The number of nitrogens with zero attached hydrogens (tertiary/aromatic N) is 7. The second kappa shape index (κ2) is 9.95. The van der Waals surface area contributed by atoms with Crippen LogP contribution in [0.2, 0.25) is 0 Å². The molecule has 0 amide bonds. The summed E-state index contributed by atoms with van der Waals surface area (Å²) < 4.78 is 8.03. The quantitative estimate of drug-likeness (QED) is 0.336. The maximum Gasteiger partial charge on any atom is 0.138 e. The van der Waals surface area contributed by atoms with Gasteiger partial charge in [0, 0.05) is 47.2 Å². The second-order valence-electron chi connectivity index (χ2n) is 10.1. The van der Waals surface area contributed by atoms with Crippen molar-refractivity contribution in [2.75, 3.05) is 26.2 Å². The summed E-state index contributed by atoms with van der Waals surface area (Å²) in [6, 6.07) is 6.22. The number of rotatable bonds is 7. The van der Waals surface area contributed by atoms with Crippen molar-refractivity contribution in [3.05, 3.63) is 84.2 Å². The van der Waals surface area contributed by atoms with Crippen LogP contribution in [0.5, 0.6) is 5.75 Å². The number of hydrazone groups is 1. The molecule has 5 aromatic rings. The number of aromatic amines is 1. The Labute approximate surface area is 225 Å². The molecule has 1 saturated heterocycles. The lowest BCUT2D eigenvalue weighted by molar-refractivity contribution is 0.237. The van der Waals surface area contributed by atoms with Gasteiger partial charge in [-0.2, -0.15) is 5.10 Å². The number of ether oxygens (including phenoxy) is 1. The van der Waals surface area contributed by atoms with E-state index in [4.69, 9.17) is 14.8 Å². The molecule has 0 saturated carbocycles. The number of pyridine rings is 3. The third kappa shape index (κ3) is 4.63. The molecule has 2 aliphatic rings. The van der Waals surface area contributed by atoms with Gasteiger partial charge in [0.1, 0.15) is 18.1 Å². The standard InChI is InChI=1S/C29H29N9O/c1-19-17-38(18-33-19)28-16-31-15-27-24(28)10-26(35-27)29-23-9-25(32-12-21(23)13-34-36-29)20-8-22(14-30-11-20)39-7-6-37-4-2-3-5-37/h8-12,14-18,34-35H,2-7,13H2,1H3. The summed E-state index contributed by atoms with van der Waals surface area (Å²) in [7, 11) is 0. The van der Waals surface area contributed by atoms with E-state index >= 15 is 0 Å². The van der Waals surface area contributed by atoms with Crippen molar-refractivity contribution in [2.45, 2.75) is 26.3 Å². The largest absolute Gasteiger partial charge is 0.491 e. The first kappa shape index (κ1) is 23.5. The fraction of sp³-hybridized carbons (Fsp3) is 0.276. The van der Waals surface area contributed by atoms with Crippen molar-refractivity contribution in [3.8, 4) is 22.7 Å². The number of aryl methyl sites for hydroxylation is 1. The van der Waals surface area contributed by atoms with Gasteiger partial charge in [-0.3, -0.25) is 19.9 Å². The van der Waals surface area contributed by atoms with E-state index in [9.17, 15) is 0 Å². The van der Waals surface area contributed by atoms with Crippen molar-refractivity contribution >= 4 is 16.6 Å².